The second-order valence-corrected chi connectivity index (χ2v) is 6.19. The Morgan fingerprint density at radius 3 is 2.95 bits per heavy atom. The molecule has 2 aromatic rings. The Balaban J connectivity index is 1.88. The standard InChI is InChI=1S/C14H19N5OS/c1-10(2)8-19-14(16-17-18-19)21-9-13(20)15-12-6-4-5-11(3)7-12/h4-7,10H,8-9H2,1-3H3,(H,15,20). The molecular weight excluding hydrogens is 286 g/mol. The summed E-state index contributed by atoms with van der Waals surface area (Å²) in [6.07, 6.45) is 0. The molecule has 0 bridgehead atoms. The first kappa shape index (κ1) is 15.5. The van der Waals surface area contributed by atoms with Gasteiger partial charge in [0.15, 0.2) is 0 Å². The van der Waals surface area contributed by atoms with Gasteiger partial charge < -0.3 is 5.32 Å². The molecule has 6 nitrogen and oxygen atoms in total. The van der Waals surface area contributed by atoms with Crippen LogP contribution in [0.3, 0.4) is 0 Å². The van der Waals surface area contributed by atoms with Crippen LogP contribution < -0.4 is 5.32 Å². The van der Waals surface area contributed by atoms with Gasteiger partial charge in [-0.05, 0) is 41.0 Å². The normalized spacial score (nSPS) is 10.9. The zero-order valence-corrected chi connectivity index (χ0v) is 13.2. The molecule has 0 fully saturated rings. The topological polar surface area (TPSA) is 72.7 Å². The van der Waals surface area contributed by atoms with Crippen LogP contribution in [0.5, 0.6) is 0 Å². The number of nitrogens with one attached hydrogen (secondary N) is 1. The molecule has 0 radical (unpaired) electrons. The number of carbonyl (C=O) groups is 1. The average molecular weight is 305 g/mol. The Morgan fingerprint density at radius 2 is 2.24 bits per heavy atom. The van der Waals surface area contributed by atoms with Gasteiger partial charge in [-0.1, -0.05) is 37.7 Å². The molecule has 7 heteroatoms. The lowest BCUT2D eigenvalue weighted by atomic mass is 10.2. The SMILES string of the molecule is Cc1cccc(NC(=O)CSc2nnnn2CC(C)C)c1. The van der Waals surface area contributed by atoms with Crippen LogP contribution >= 0.6 is 11.8 Å². The van der Waals surface area contributed by atoms with Gasteiger partial charge in [0.05, 0.1) is 5.75 Å². The quantitative estimate of drug-likeness (QED) is 0.829. The van der Waals surface area contributed by atoms with Crippen LogP contribution in [-0.4, -0.2) is 31.9 Å². The van der Waals surface area contributed by atoms with E-state index in [1.807, 2.05) is 31.2 Å². The van der Waals surface area contributed by atoms with Crippen LogP contribution in [0.15, 0.2) is 29.4 Å². The third-order valence-electron chi connectivity index (χ3n) is 2.67. The fourth-order valence-electron chi connectivity index (χ4n) is 1.81. The van der Waals surface area contributed by atoms with E-state index in [1.165, 1.54) is 11.8 Å². The van der Waals surface area contributed by atoms with E-state index in [9.17, 15) is 4.79 Å². The summed E-state index contributed by atoms with van der Waals surface area (Å²) in [5.41, 5.74) is 1.92. The fraction of sp³-hybridized carbons (Fsp3) is 0.429. The highest BCUT2D eigenvalue weighted by atomic mass is 32.2. The van der Waals surface area contributed by atoms with Gasteiger partial charge in [0.1, 0.15) is 0 Å². The molecule has 21 heavy (non-hydrogen) atoms. The number of hydrogen-bond donors (Lipinski definition) is 1. The van der Waals surface area contributed by atoms with Gasteiger partial charge in [-0.25, -0.2) is 4.68 Å². The molecule has 0 aliphatic carbocycles. The molecule has 1 heterocycles. The van der Waals surface area contributed by atoms with Gasteiger partial charge in [0, 0.05) is 12.2 Å². The summed E-state index contributed by atoms with van der Waals surface area (Å²) in [6, 6.07) is 7.72. The second-order valence-electron chi connectivity index (χ2n) is 5.24. The lowest BCUT2D eigenvalue weighted by Gasteiger charge is -2.07. The molecule has 1 N–H and O–H groups in total. The van der Waals surface area contributed by atoms with Gasteiger partial charge in [-0.2, -0.15) is 0 Å². The van der Waals surface area contributed by atoms with E-state index in [-0.39, 0.29) is 11.7 Å². The van der Waals surface area contributed by atoms with Crippen LogP contribution in [0.25, 0.3) is 0 Å². The van der Waals surface area contributed by atoms with Crippen LogP contribution in [0.4, 0.5) is 5.69 Å². The number of tetrazole rings is 1. The Bertz CT molecular complexity index is 611. The summed E-state index contributed by atoms with van der Waals surface area (Å²) in [5, 5.41) is 15.1. The van der Waals surface area contributed by atoms with Crippen molar-refractivity contribution in [2.24, 2.45) is 5.92 Å². The summed E-state index contributed by atoms with van der Waals surface area (Å²) >= 11 is 1.34. The van der Waals surface area contributed by atoms with Crippen molar-refractivity contribution in [2.45, 2.75) is 32.5 Å². The van der Waals surface area contributed by atoms with Crippen LogP contribution in [0.2, 0.25) is 0 Å². The molecule has 0 aliphatic heterocycles. The summed E-state index contributed by atoms with van der Waals surface area (Å²) < 4.78 is 1.73. The maximum atomic E-state index is 11.9. The molecule has 1 amide bonds. The zero-order valence-electron chi connectivity index (χ0n) is 12.4. The van der Waals surface area contributed by atoms with E-state index in [0.717, 1.165) is 17.8 Å². The minimum absolute atomic E-state index is 0.0651. The van der Waals surface area contributed by atoms with E-state index in [2.05, 4.69) is 34.7 Å². The van der Waals surface area contributed by atoms with Crippen molar-refractivity contribution in [3.8, 4) is 0 Å². The first-order chi connectivity index (χ1) is 10.0. The number of aromatic nitrogens is 4. The molecule has 0 saturated carbocycles. The molecule has 0 aliphatic rings. The van der Waals surface area contributed by atoms with Gasteiger partial charge >= 0.3 is 0 Å². The van der Waals surface area contributed by atoms with E-state index in [0.29, 0.717) is 11.1 Å². The highest BCUT2D eigenvalue weighted by Crippen LogP contribution is 2.16. The molecule has 0 unspecified atom stereocenters. The first-order valence-corrected chi connectivity index (χ1v) is 7.78. The lowest BCUT2D eigenvalue weighted by molar-refractivity contribution is -0.113. The lowest BCUT2D eigenvalue weighted by Crippen LogP contribution is -2.15. The van der Waals surface area contributed by atoms with Gasteiger partial charge in [0.2, 0.25) is 11.1 Å². The van der Waals surface area contributed by atoms with Crippen molar-refractivity contribution in [3.63, 3.8) is 0 Å². The molecule has 112 valence electrons. The van der Waals surface area contributed by atoms with E-state index in [4.69, 9.17) is 0 Å². The van der Waals surface area contributed by atoms with Crippen molar-refractivity contribution >= 4 is 23.4 Å². The number of thioether (sulfide) groups is 1. The monoisotopic (exact) mass is 305 g/mol. The van der Waals surface area contributed by atoms with Crippen molar-refractivity contribution in [1.29, 1.82) is 0 Å². The smallest absolute Gasteiger partial charge is 0.234 e. The minimum atomic E-state index is -0.0651. The number of rotatable bonds is 6. The molecule has 0 atom stereocenters. The summed E-state index contributed by atoms with van der Waals surface area (Å²) in [5.74, 6) is 0.672. The fourth-order valence-corrected chi connectivity index (χ4v) is 2.50. The highest BCUT2D eigenvalue weighted by molar-refractivity contribution is 7.99. The molecule has 0 spiro atoms. The summed E-state index contributed by atoms with van der Waals surface area (Å²) in [7, 11) is 0. The Kier molecular flexibility index (Phi) is 5.32. The summed E-state index contributed by atoms with van der Waals surface area (Å²) in [4.78, 5) is 11.9. The number of nitrogens with zero attached hydrogens (tertiary/aromatic N) is 4. The van der Waals surface area contributed by atoms with Gasteiger partial charge in [-0.3, -0.25) is 4.79 Å². The Hall–Kier alpha value is -1.89. The van der Waals surface area contributed by atoms with Gasteiger partial charge in [0.25, 0.3) is 0 Å². The predicted molar refractivity (Wildman–Crippen MR) is 83.2 cm³/mol. The molecule has 1 aromatic heterocycles. The van der Waals surface area contributed by atoms with Crippen molar-refractivity contribution < 1.29 is 4.79 Å². The number of aryl methyl sites for hydroxylation is 1. The van der Waals surface area contributed by atoms with E-state index >= 15 is 0 Å². The molecule has 2 rings (SSSR count). The van der Waals surface area contributed by atoms with Crippen molar-refractivity contribution in [1.82, 2.24) is 20.2 Å². The molecular formula is C14H19N5OS. The average Bonchev–Trinajstić information content (AvgIpc) is 2.83. The highest BCUT2D eigenvalue weighted by Gasteiger charge is 2.11. The van der Waals surface area contributed by atoms with Crippen LogP contribution in [-0.2, 0) is 11.3 Å². The first-order valence-electron chi connectivity index (χ1n) is 6.80. The number of anilines is 1. The molecule has 1 aromatic carbocycles. The Morgan fingerprint density at radius 1 is 1.43 bits per heavy atom. The summed E-state index contributed by atoms with van der Waals surface area (Å²) in [6.45, 7) is 6.93. The number of benzene rings is 1. The predicted octanol–water partition coefficient (Wildman–Crippen LogP) is 2.37. The zero-order chi connectivity index (χ0) is 15.2. The Labute approximate surface area is 128 Å². The van der Waals surface area contributed by atoms with E-state index in [1.54, 1.807) is 4.68 Å². The van der Waals surface area contributed by atoms with E-state index < -0.39 is 0 Å². The van der Waals surface area contributed by atoms with Gasteiger partial charge in [-0.15, -0.1) is 5.10 Å². The number of hydrogen-bond acceptors (Lipinski definition) is 5. The third kappa shape index (κ3) is 4.86. The maximum absolute atomic E-state index is 11.9. The second kappa shape index (κ2) is 7.21. The van der Waals surface area contributed by atoms with Crippen molar-refractivity contribution in [2.75, 3.05) is 11.1 Å². The minimum Gasteiger partial charge on any atom is -0.325 e. The van der Waals surface area contributed by atoms with Crippen LogP contribution in [0, 0.1) is 12.8 Å². The molecule has 0 saturated heterocycles. The number of carbonyl (C=O) groups excluding carboxylic acids is 1. The maximum Gasteiger partial charge on any atom is 0.234 e. The largest absolute Gasteiger partial charge is 0.325 e. The van der Waals surface area contributed by atoms with Crippen molar-refractivity contribution in [3.05, 3.63) is 29.8 Å². The third-order valence-corrected chi connectivity index (χ3v) is 3.63. The number of amides is 1. The van der Waals surface area contributed by atoms with Crippen LogP contribution in [0.1, 0.15) is 19.4 Å².